The fraction of sp³-hybridized carbons (Fsp3) is 0.357. The lowest BCUT2D eigenvalue weighted by atomic mass is 9.89. The zero-order valence-corrected chi connectivity index (χ0v) is 25.7. The SMILES string of the molecule is CCN(CC)CCC(C(N)=O)(c1nc(C(=O)O)c(C)s1)N(C(=O)c1ccc(Cl)cc1Cl)c1ccc(OC)c(OC)c1. The number of hydrogen-bond donors (Lipinski definition) is 2. The number of thiazole rings is 1. The van der Waals surface area contributed by atoms with Crippen LogP contribution in [-0.4, -0.2) is 66.6 Å². The first-order valence-electron chi connectivity index (χ1n) is 12.7. The van der Waals surface area contributed by atoms with Crippen LogP contribution in [0.15, 0.2) is 36.4 Å². The Labute approximate surface area is 252 Å². The molecule has 2 amide bonds. The number of primary amides is 1. The van der Waals surface area contributed by atoms with Crippen molar-refractivity contribution in [3.05, 3.63) is 67.6 Å². The molecule has 1 atom stereocenters. The Balaban J connectivity index is 2.44. The van der Waals surface area contributed by atoms with Crippen molar-refractivity contribution in [2.75, 3.05) is 38.8 Å². The van der Waals surface area contributed by atoms with Crippen molar-refractivity contribution in [2.45, 2.75) is 32.7 Å². The van der Waals surface area contributed by atoms with Crippen molar-refractivity contribution >= 4 is 58.0 Å². The predicted octanol–water partition coefficient (Wildman–Crippen LogP) is 5.23. The molecule has 0 fully saturated rings. The predicted molar refractivity (Wildman–Crippen MR) is 160 cm³/mol. The number of carbonyl (C=O) groups is 3. The molecular weight excluding hydrogens is 591 g/mol. The average molecular weight is 624 g/mol. The third-order valence-electron chi connectivity index (χ3n) is 6.82. The van der Waals surface area contributed by atoms with Gasteiger partial charge in [-0.25, -0.2) is 9.78 Å². The van der Waals surface area contributed by atoms with E-state index < -0.39 is 23.3 Å². The van der Waals surface area contributed by atoms with Crippen LogP contribution in [-0.2, 0) is 10.3 Å². The Bertz CT molecular complexity index is 1440. The molecule has 0 saturated heterocycles. The standard InChI is InChI=1S/C28H32Cl2N4O6S/c1-6-33(7-2)13-12-28(26(31)38,27-32-23(25(36)37)16(3)41-27)34(18-9-11-21(39-4)22(15-18)40-5)24(35)19-10-8-17(29)14-20(19)30/h8-11,14-15H,6-7,12-13H2,1-5H3,(H2,31,38)(H,36,37). The van der Waals surface area contributed by atoms with Crippen molar-refractivity contribution < 1.29 is 29.0 Å². The first kappa shape index (κ1) is 32.1. The highest BCUT2D eigenvalue weighted by Gasteiger charge is 2.51. The first-order valence-corrected chi connectivity index (χ1v) is 14.3. The van der Waals surface area contributed by atoms with E-state index in [-0.39, 0.29) is 39.1 Å². The molecule has 2 aromatic carbocycles. The van der Waals surface area contributed by atoms with Crippen LogP contribution in [0.2, 0.25) is 10.0 Å². The summed E-state index contributed by atoms with van der Waals surface area (Å²) in [6, 6.07) is 9.08. The van der Waals surface area contributed by atoms with E-state index in [1.54, 1.807) is 19.1 Å². The molecule has 1 unspecified atom stereocenters. The zero-order chi connectivity index (χ0) is 30.5. The molecule has 0 saturated carbocycles. The molecule has 3 aromatic rings. The van der Waals surface area contributed by atoms with Crippen LogP contribution in [0.3, 0.4) is 0 Å². The Hall–Kier alpha value is -3.38. The van der Waals surface area contributed by atoms with Crippen LogP contribution in [0.4, 0.5) is 5.69 Å². The summed E-state index contributed by atoms with van der Waals surface area (Å²) in [5.41, 5.74) is 4.32. The largest absolute Gasteiger partial charge is 0.493 e. The summed E-state index contributed by atoms with van der Waals surface area (Å²) in [6.07, 6.45) is 0.00131. The number of amides is 2. The van der Waals surface area contributed by atoms with Crippen molar-refractivity contribution in [2.24, 2.45) is 5.73 Å². The van der Waals surface area contributed by atoms with E-state index in [9.17, 15) is 19.5 Å². The summed E-state index contributed by atoms with van der Waals surface area (Å²) in [5.74, 6) is -2.17. The van der Waals surface area contributed by atoms with Gasteiger partial charge in [-0.2, -0.15) is 0 Å². The van der Waals surface area contributed by atoms with Gasteiger partial charge in [0.25, 0.3) is 11.8 Å². The lowest BCUT2D eigenvalue weighted by molar-refractivity contribution is -0.123. The number of halogens is 2. The average Bonchev–Trinajstić information content (AvgIpc) is 3.34. The van der Waals surface area contributed by atoms with Crippen LogP contribution in [0.25, 0.3) is 0 Å². The molecule has 0 spiro atoms. The minimum atomic E-state index is -1.93. The third-order valence-corrected chi connectivity index (χ3v) is 8.49. The van der Waals surface area contributed by atoms with Crippen LogP contribution in [0.1, 0.15) is 51.0 Å². The van der Waals surface area contributed by atoms with Gasteiger partial charge in [0.05, 0.1) is 24.8 Å². The lowest BCUT2D eigenvalue weighted by Gasteiger charge is -2.41. The van der Waals surface area contributed by atoms with Gasteiger partial charge in [-0.15, -0.1) is 11.3 Å². The van der Waals surface area contributed by atoms with Crippen molar-refractivity contribution in [1.82, 2.24) is 9.88 Å². The maximum atomic E-state index is 14.5. The van der Waals surface area contributed by atoms with Crippen molar-refractivity contribution in [3.8, 4) is 11.5 Å². The normalized spacial score (nSPS) is 12.6. The summed E-state index contributed by atoms with van der Waals surface area (Å²) in [4.78, 5) is 48.3. The van der Waals surface area contributed by atoms with E-state index in [0.29, 0.717) is 35.3 Å². The highest BCUT2D eigenvalue weighted by atomic mass is 35.5. The molecule has 1 aromatic heterocycles. The summed E-state index contributed by atoms with van der Waals surface area (Å²) in [6.45, 7) is 7.18. The van der Waals surface area contributed by atoms with E-state index in [1.807, 2.05) is 13.8 Å². The highest BCUT2D eigenvalue weighted by molar-refractivity contribution is 7.12. The number of carbonyl (C=O) groups excluding carboxylic acids is 2. The first-order chi connectivity index (χ1) is 19.4. The summed E-state index contributed by atoms with van der Waals surface area (Å²) < 4.78 is 10.9. The van der Waals surface area contributed by atoms with Gasteiger partial charge in [-0.1, -0.05) is 37.0 Å². The van der Waals surface area contributed by atoms with Gasteiger partial charge in [-0.3, -0.25) is 14.5 Å². The van der Waals surface area contributed by atoms with Gasteiger partial charge in [0.15, 0.2) is 22.7 Å². The number of nitrogens with two attached hydrogens (primary N) is 1. The maximum Gasteiger partial charge on any atom is 0.355 e. The van der Waals surface area contributed by atoms with Gasteiger partial charge in [0, 0.05) is 28.2 Å². The van der Waals surface area contributed by atoms with E-state index in [2.05, 4.69) is 9.88 Å². The second-order valence-electron chi connectivity index (χ2n) is 9.03. The number of aryl methyl sites for hydroxylation is 1. The number of hydrogen-bond acceptors (Lipinski definition) is 8. The monoisotopic (exact) mass is 622 g/mol. The van der Waals surface area contributed by atoms with Crippen molar-refractivity contribution in [3.63, 3.8) is 0 Å². The fourth-order valence-corrected chi connectivity index (χ4v) is 6.15. The second kappa shape index (κ2) is 13.5. The Morgan fingerprint density at radius 1 is 1.05 bits per heavy atom. The molecule has 0 aliphatic carbocycles. The molecule has 13 heteroatoms. The number of nitrogens with zero attached hydrogens (tertiary/aromatic N) is 3. The molecule has 1 heterocycles. The van der Waals surface area contributed by atoms with E-state index in [0.717, 1.165) is 11.3 Å². The number of ether oxygens (including phenoxy) is 2. The molecule has 3 rings (SSSR count). The summed E-state index contributed by atoms with van der Waals surface area (Å²) in [7, 11) is 2.91. The maximum absolute atomic E-state index is 14.5. The van der Waals surface area contributed by atoms with Crippen LogP contribution in [0, 0.1) is 6.92 Å². The summed E-state index contributed by atoms with van der Waals surface area (Å²) in [5, 5.41) is 10.2. The number of carboxylic acids is 1. The molecule has 0 aliphatic heterocycles. The number of aromatic nitrogens is 1. The number of anilines is 1. The van der Waals surface area contributed by atoms with Gasteiger partial charge < -0.3 is 25.2 Å². The van der Waals surface area contributed by atoms with Gasteiger partial charge in [-0.05, 0) is 56.8 Å². The van der Waals surface area contributed by atoms with Crippen LogP contribution >= 0.6 is 34.5 Å². The topological polar surface area (TPSA) is 135 Å². The molecule has 0 aliphatic rings. The van der Waals surface area contributed by atoms with E-state index >= 15 is 0 Å². The molecule has 41 heavy (non-hydrogen) atoms. The van der Waals surface area contributed by atoms with Crippen molar-refractivity contribution in [1.29, 1.82) is 0 Å². The molecule has 10 nitrogen and oxygen atoms in total. The van der Waals surface area contributed by atoms with Crippen LogP contribution < -0.4 is 20.1 Å². The zero-order valence-electron chi connectivity index (χ0n) is 23.4. The summed E-state index contributed by atoms with van der Waals surface area (Å²) >= 11 is 13.6. The highest BCUT2D eigenvalue weighted by Crippen LogP contribution is 2.43. The van der Waals surface area contributed by atoms with Gasteiger partial charge in [0.1, 0.15) is 5.01 Å². The second-order valence-corrected chi connectivity index (χ2v) is 11.1. The number of benzene rings is 2. The molecule has 3 N–H and O–H groups in total. The number of rotatable bonds is 13. The van der Waals surface area contributed by atoms with E-state index in [1.165, 1.54) is 43.4 Å². The number of carboxylic acid groups (broad SMARTS) is 1. The van der Waals surface area contributed by atoms with Gasteiger partial charge >= 0.3 is 5.97 Å². The molecular formula is C28H32Cl2N4O6S. The Kier molecular flexibility index (Phi) is 10.6. The molecule has 0 bridgehead atoms. The Morgan fingerprint density at radius 3 is 2.22 bits per heavy atom. The van der Waals surface area contributed by atoms with Gasteiger partial charge in [0.2, 0.25) is 0 Å². The minimum absolute atomic E-state index is 0.00131. The number of aromatic carboxylic acids is 1. The minimum Gasteiger partial charge on any atom is -0.493 e. The third kappa shape index (κ3) is 6.43. The van der Waals surface area contributed by atoms with E-state index in [4.69, 9.17) is 38.4 Å². The molecule has 0 radical (unpaired) electrons. The smallest absolute Gasteiger partial charge is 0.355 e. The van der Waals surface area contributed by atoms with Crippen LogP contribution in [0.5, 0.6) is 11.5 Å². The fourth-order valence-electron chi connectivity index (χ4n) is 4.54. The Morgan fingerprint density at radius 2 is 1.71 bits per heavy atom. The lowest BCUT2D eigenvalue weighted by Crippen LogP contribution is -2.59. The number of methoxy groups -OCH3 is 2. The molecule has 220 valence electrons. The quantitative estimate of drug-likeness (QED) is 0.264.